The molecule has 2 rings (SSSR count). The zero-order chi connectivity index (χ0) is 11.6. The fourth-order valence-corrected chi connectivity index (χ4v) is 4.05. The molecule has 1 saturated carbocycles. The average Bonchev–Trinajstić information content (AvgIpc) is 2.29. The second kappa shape index (κ2) is 5.02. The third-order valence-corrected chi connectivity index (χ3v) is 5.61. The molecule has 16 heavy (non-hydrogen) atoms. The molecule has 0 amide bonds. The van der Waals surface area contributed by atoms with Crippen molar-refractivity contribution in [2.24, 2.45) is 0 Å². The number of hydrogen-bond donors (Lipinski definition) is 1. The first-order valence-corrected chi connectivity index (χ1v) is 8.04. The van der Waals surface area contributed by atoms with E-state index in [0.717, 1.165) is 13.1 Å². The van der Waals surface area contributed by atoms with Crippen molar-refractivity contribution in [2.45, 2.75) is 37.8 Å². The molecule has 0 atom stereocenters. The van der Waals surface area contributed by atoms with E-state index in [0.29, 0.717) is 23.6 Å². The maximum absolute atomic E-state index is 11.3. The van der Waals surface area contributed by atoms with Crippen LogP contribution in [-0.2, 0) is 9.84 Å². The molecule has 0 aromatic rings. The molecule has 1 aliphatic heterocycles. The van der Waals surface area contributed by atoms with Crippen LogP contribution in [0.1, 0.15) is 25.7 Å². The second-order valence-corrected chi connectivity index (χ2v) is 7.29. The third kappa shape index (κ3) is 2.96. The maximum atomic E-state index is 11.3. The Kier molecular flexibility index (Phi) is 3.87. The van der Waals surface area contributed by atoms with Gasteiger partial charge in [-0.05, 0) is 32.7 Å². The van der Waals surface area contributed by atoms with E-state index in [2.05, 4.69) is 10.2 Å². The van der Waals surface area contributed by atoms with Gasteiger partial charge in [0.25, 0.3) is 0 Å². The highest BCUT2D eigenvalue weighted by atomic mass is 32.2. The Morgan fingerprint density at radius 1 is 1.06 bits per heavy atom. The van der Waals surface area contributed by atoms with Crippen LogP contribution in [0, 0.1) is 0 Å². The Bertz CT molecular complexity index is 307. The van der Waals surface area contributed by atoms with Gasteiger partial charge in [0.1, 0.15) is 0 Å². The summed E-state index contributed by atoms with van der Waals surface area (Å²) in [7, 11) is -0.698. The van der Waals surface area contributed by atoms with Crippen molar-refractivity contribution >= 4 is 9.84 Å². The van der Waals surface area contributed by atoms with Crippen LogP contribution in [0.2, 0.25) is 0 Å². The molecule has 94 valence electrons. The van der Waals surface area contributed by atoms with Gasteiger partial charge in [-0.3, -0.25) is 4.90 Å². The minimum absolute atomic E-state index is 0.360. The first kappa shape index (κ1) is 12.3. The van der Waals surface area contributed by atoms with Crippen molar-refractivity contribution in [1.29, 1.82) is 0 Å². The molecule has 0 bridgehead atoms. The van der Waals surface area contributed by atoms with Crippen LogP contribution in [0.15, 0.2) is 0 Å². The van der Waals surface area contributed by atoms with Crippen molar-refractivity contribution in [3.8, 4) is 0 Å². The monoisotopic (exact) mass is 246 g/mol. The number of nitrogens with one attached hydrogen (secondary N) is 1. The molecule has 0 aromatic carbocycles. The Balaban J connectivity index is 1.82. The van der Waals surface area contributed by atoms with Gasteiger partial charge in [-0.25, -0.2) is 8.42 Å². The molecule has 1 heterocycles. The van der Waals surface area contributed by atoms with Gasteiger partial charge in [-0.1, -0.05) is 0 Å². The summed E-state index contributed by atoms with van der Waals surface area (Å²) in [6.07, 6.45) is 4.88. The molecule has 0 spiro atoms. The molecule has 2 fully saturated rings. The van der Waals surface area contributed by atoms with Crippen LogP contribution in [0.3, 0.4) is 0 Å². The van der Waals surface area contributed by atoms with Gasteiger partial charge < -0.3 is 5.32 Å². The first-order chi connectivity index (χ1) is 7.61. The van der Waals surface area contributed by atoms with Crippen molar-refractivity contribution in [1.82, 2.24) is 10.2 Å². The first-order valence-electron chi connectivity index (χ1n) is 6.22. The van der Waals surface area contributed by atoms with Gasteiger partial charge >= 0.3 is 0 Å². The summed E-state index contributed by atoms with van der Waals surface area (Å²) in [6, 6.07) is 1.30. The highest BCUT2D eigenvalue weighted by molar-refractivity contribution is 7.91. The smallest absolute Gasteiger partial charge is 0.152 e. The van der Waals surface area contributed by atoms with Crippen molar-refractivity contribution in [2.75, 3.05) is 31.6 Å². The Hall–Kier alpha value is -0.130. The van der Waals surface area contributed by atoms with E-state index in [9.17, 15) is 8.42 Å². The Labute approximate surface area is 98.3 Å². The molecule has 0 aromatic heterocycles. The van der Waals surface area contributed by atoms with Crippen LogP contribution in [0.25, 0.3) is 0 Å². The Morgan fingerprint density at radius 3 is 2.12 bits per heavy atom. The molecule has 1 N–H and O–H groups in total. The van der Waals surface area contributed by atoms with Crippen LogP contribution >= 0.6 is 0 Å². The lowest BCUT2D eigenvalue weighted by Crippen LogP contribution is -2.48. The molecule has 1 aliphatic carbocycles. The summed E-state index contributed by atoms with van der Waals surface area (Å²) in [5.41, 5.74) is 0. The number of hydrogen-bond acceptors (Lipinski definition) is 4. The van der Waals surface area contributed by atoms with E-state index >= 15 is 0 Å². The maximum Gasteiger partial charge on any atom is 0.152 e. The summed E-state index contributed by atoms with van der Waals surface area (Å²) < 4.78 is 22.7. The highest BCUT2D eigenvalue weighted by Gasteiger charge is 2.29. The lowest BCUT2D eigenvalue weighted by atomic mass is 9.90. The summed E-state index contributed by atoms with van der Waals surface area (Å²) >= 11 is 0. The van der Waals surface area contributed by atoms with E-state index < -0.39 is 9.84 Å². The van der Waals surface area contributed by atoms with Crippen LogP contribution in [0.4, 0.5) is 0 Å². The molecule has 1 saturated heterocycles. The molecular weight excluding hydrogens is 224 g/mol. The number of nitrogens with zero attached hydrogens (tertiary/aromatic N) is 1. The average molecular weight is 246 g/mol. The third-order valence-electron chi connectivity index (χ3n) is 4.00. The molecule has 5 heteroatoms. The fourth-order valence-electron chi connectivity index (χ4n) is 2.82. The lowest BCUT2D eigenvalue weighted by molar-refractivity contribution is 0.156. The van der Waals surface area contributed by atoms with Gasteiger partial charge in [0.2, 0.25) is 0 Å². The molecule has 0 unspecified atom stereocenters. The Morgan fingerprint density at radius 2 is 1.62 bits per heavy atom. The van der Waals surface area contributed by atoms with Gasteiger partial charge in [-0.2, -0.15) is 0 Å². The molecular formula is C11H22N2O2S. The highest BCUT2D eigenvalue weighted by Crippen LogP contribution is 2.24. The standard InChI is InChI=1S/C11H22N2O2S/c1-12-10-2-4-11(5-3-10)13-6-8-16(14,15)9-7-13/h10-12H,2-9H2,1H3/t10-,11-. The van der Waals surface area contributed by atoms with E-state index in [4.69, 9.17) is 0 Å². The van der Waals surface area contributed by atoms with Gasteiger partial charge in [-0.15, -0.1) is 0 Å². The van der Waals surface area contributed by atoms with E-state index in [-0.39, 0.29) is 0 Å². The minimum atomic E-state index is -2.72. The topological polar surface area (TPSA) is 49.4 Å². The number of rotatable bonds is 2. The number of sulfone groups is 1. The summed E-state index contributed by atoms with van der Waals surface area (Å²) in [6.45, 7) is 1.49. The summed E-state index contributed by atoms with van der Waals surface area (Å²) in [5.74, 6) is 0.720. The van der Waals surface area contributed by atoms with Crippen LogP contribution < -0.4 is 5.32 Å². The molecule has 4 nitrogen and oxygen atoms in total. The molecule has 2 aliphatic rings. The lowest BCUT2D eigenvalue weighted by Gasteiger charge is -2.38. The largest absolute Gasteiger partial charge is 0.317 e. The normalized spacial score (nSPS) is 36.1. The fraction of sp³-hybridized carbons (Fsp3) is 1.00. The molecule has 0 radical (unpaired) electrons. The minimum Gasteiger partial charge on any atom is -0.317 e. The predicted molar refractivity (Wildman–Crippen MR) is 65.3 cm³/mol. The van der Waals surface area contributed by atoms with E-state index in [1.54, 1.807) is 0 Å². The SMILES string of the molecule is CN[C@H]1CC[C@H](N2CCS(=O)(=O)CC2)CC1. The zero-order valence-corrected chi connectivity index (χ0v) is 10.8. The quantitative estimate of drug-likeness (QED) is 0.759. The van der Waals surface area contributed by atoms with Crippen molar-refractivity contribution in [3.05, 3.63) is 0 Å². The van der Waals surface area contributed by atoms with E-state index in [1.807, 2.05) is 7.05 Å². The zero-order valence-electron chi connectivity index (χ0n) is 9.98. The van der Waals surface area contributed by atoms with Gasteiger partial charge in [0.05, 0.1) is 11.5 Å². The van der Waals surface area contributed by atoms with Crippen LogP contribution in [-0.4, -0.2) is 57.0 Å². The predicted octanol–water partition coefficient (Wildman–Crippen LogP) is 0.247. The van der Waals surface area contributed by atoms with E-state index in [1.165, 1.54) is 25.7 Å². The summed E-state index contributed by atoms with van der Waals surface area (Å²) in [5, 5.41) is 3.33. The summed E-state index contributed by atoms with van der Waals surface area (Å²) in [4.78, 5) is 2.38. The van der Waals surface area contributed by atoms with Crippen molar-refractivity contribution < 1.29 is 8.42 Å². The van der Waals surface area contributed by atoms with Crippen molar-refractivity contribution in [3.63, 3.8) is 0 Å². The van der Waals surface area contributed by atoms with Gasteiger partial charge in [0.15, 0.2) is 9.84 Å². The second-order valence-electron chi connectivity index (χ2n) is 4.98. The van der Waals surface area contributed by atoms with Gasteiger partial charge in [0, 0.05) is 25.2 Å². The van der Waals surface area contributed by atoms with Crippen LogP contribution in [0.5, 0.6) is 0 Å².